The third kappa shape index (κ3) is 3.19. The molecule has 0 aromatic carbocycles. The van der Waals surface area contributed by atoms with Crippen LogP contribution < -0.4 is 0 Å². The summed E-state index contributed by atoms with van der Waals surface area (Å²) in [5.41, 5.74) is 1.74. The van der Waals surface area contributed by atoms with Crippen molar-refractivity contribution in [1.29, 1.82) is 0 Å². The highest BCUT2D eigenvalue weighted by Gasteiger charge is 2.64. The van der Waals surface area contributed by atoms with Crippen LogP contribution in [0.4, 0.5) is 0 Å². The van der Waals surface area contributed by atoms with Crippen LogP contribution in [0.3, 0.4) is 0 Å². The van der Waals surface area contributed by atoms with Crippen molar-refractivity contribution in [2.24, 2.45) is 29.1 Å². The first kappa shape index (κ1) is 22.6. The summed E-state index contributed by atoms with van der Waals surface area (Å²) in [6.07, 6.45) is 8.62. The molecule has 1 spiro atoms. The van der Waals surface area contributed by atoms with Gasteiger partial charge in [-0.05, 0) is 67.8 Å². The topological polar surface area (TPSA) is 76.0 Å². The van der Waals surface area contributed by atoms with Gasteiger partial charge in [0, 0.05) is 18.3 Å². The molecule has 1 saturated heterocycles. The first-order valence-corrected chi connectivity index (χ1v) is 12.5. The first-order valence-electron chi connectivity index (χ1n) is 12.0. The number of rotatable bonds is 4. The fourth-order valence-corrected chi connectivity index (χ4v) is 8.27. The first-order chi connectivity index (χ1) is 15.1. The number of aliphatic hydroxyl groups is 1. The fraction of sp³-hybridized carbons (Fsp3) is 0.731. The van der Waals surface area contributed by atoms with Crippen molar-refractivity contribution in [2.45, 2.75) is 75.1 Å². The lowest BCUT2D eigenvalue weighted by atomic mass is 9.49. The van der Waals surface area contributed by atoms with Gasteiger partial charge in [0.05, 0.1) is 18.8 Å². The van der Waals surface area contributed by atoms with Gasteiger partial charge in [0.25, 0.3) is 0 Å². The monoisotopic (exact) mass is 462 g/mol. The minimum Gasteiger partial charge on any atom is -0.480 e. The molecule has 1 aliphatic heterocycles. The Morgan fingerprint density at radius 3 is 2.69 bits per heavy atom. The van der Waals surface area contributed by atoms with Gasteiger partial charge in [-0.3, -0.25) is 4.79 Å². The lowest BCUT2D eigenvalue weighted by Gasteiger charge is -2.57. The molecule has 2 N–H and O–H groups in total. The number of carbonyl (C=O) groups is 1. The second-order valence-corrected chi connectivity index (χ2v) is 11.5. The van der Waals surface area contributed by atoms with Crippen molar-refractivity contribution < 1.29 is 24.5 Å². The Kier molecular flexibility index (Phi) is 5.44. The van der Waals surface area contributed by atoms with Gasteiger partial charge in [-0.25, -0.2) is 0 Å². The summed E-state index contributed by atoms with van der Waals surface area (Å²) in [6.45, 7) is 12.2. The predicted molar refractivity (Wildman–Crippen MR) is 122 cm³/mol. The molecule has 32 heavy (non-hydrogen) atoms. The Balaban J connectivity index is 1.40. The maximum Gasteiger partial charge on any atom is 0.321 e. The van der Waals surface area contributed by atoms with E-state index in [9.17, 15) is 15.0 Å². The van der Waals surface area contributed by atoms with E-state index in [4.69, 9.17) is 21.1 Å². The van der Waals surface area contributed by atoms with Crippen molar-refractivity contribution in [2.75, 3.05) is 13.2 Å². The van der Waals surface area contributed by atoms with E-state index in [2.05, 4.69) is 26.2 Å². The van der Waals surface area contributed by atoms with Crippen molar-refractivity contribution in [1.82, 2.24) is 0 Å². The van der Waals surface area contributed by atoms with E-state index in [0.29, 0.717) is 48.9 Å². The Morgan fingerprint density at radius 1 is 1.28 bits per heavy atom. The Labute approximate surface area is 195 Å². The molecule has 0 amide bonds. The van der Waals surface area contributed by atoms with Gasteiger partial charge >= 0.3 is 5.97 Å². The van der Waals surface area contributed by atoms with Gasteiger partial charge in [0.2, 0.25) is 0 Å². The molecule has 5 rings (SSSR count). The molecular formula is C26H35ClO5. The lowest BCUT2D eigenvalue weighted by Crippen LogP contribution is -2.54. The number of fused-ring (bicyclic) bond motifs is 5. The second-order valence-electron chi connectivity index (χ2n) is 11.0. The average molecular weight is 463 g/mol. The molecule has 176 valence electrons. The summed E-state index contributed by atoms with van der Waals surface area (Å²) in [5, 5.41) is 20.1. The molecule has 6 heteroatoms. The molecule has 7 atom stereocenters. The summed E-state index contributed by atoms with van der Waals surface area (Å²) < 4.78 is 12.0. The predicted octanol–water partition coefficient (Wildman–Crippen LogP) is 4.84. The Hall–Kier alpha value is -1.14. The zero-order valence-electron chi connectivity index (χ0n) is 18.9. The van der Waals surface area contributed by atoms with Crippen LogP contribution in [0.5, 0.6) is 0 Å². The molecule has 0 aromatic rings. The van der Waals surface area contributed by atoms with Gasteiger partial charge < -0.3 is 19.7 Å². The zero-order chi connectivity index (χ0) is 22.9. The standard InChI is InChI=1S/C26H35ClO5/c1-15-13-24(3)20(7-9-26(24,30)16(2)12-21(27)23(28)29)19-5-4-17-14-25(31-10-11-32-25)8-6-18(17)22(15)19/h4,18-22,30H,1-2,5-14H2,3H3,(H,28,29)/t18-,19-,20-,21+,22+,24-,26+/m0/s1. The highest BCUT2D eigenvalue weighted by molar-refractivity contribution is 6.29. The van der Waals surface area contributed by atoms with Gasteiger partial charge in [0.1, 0.15) is 5.38 Å². The third-order valence-corrected chi connectivity index (χ3v) is 9.93. The molecule has 5 aliphatic rings. The van der Waals surface area contributed by atoms with E-state index in [1.54, 1.807) is 0 Å². The number of hydrogen-bond acceptors (Lipinski definition) is 4. The zero-order valence-corrected chi connectivity index (χ0v) is 19.7. The number of alkyl halides is 1. The van der Waals surface area contributed by atoms with E-state index in [0.717, 1.165) is 38.5 Å². The normalized spacial score (nSPS) is 43.2. The number of hydrogen-bond donors (Lipinski definition) is 2. The van der Waals surface area contributed by atoms with Crippen LogP contribution in [0.2, 0.25) is 0 Å². The molecular weight excluding hydrogens is 428 g/mol. The quantitative estimate of drug-likeness (QED) is 0.462. The highest BCUT2D eigenvalue weighted by Crippen LogP contribution is 2.67. The molecule has 0 unspecified atom stereocenters. The number of carboxylic acid groups (broad SMARTS) is 1. The number of halogens is 1. The minimum atomic E-state index is -1.11. The van der Waals surface area contributed by atoms with E-state index in [-0.39, 0.29) is 6.42 Å². The van der Waals surface area contributed by atoms with Crippen LogP contribution in [0, 0.1) is 29.1 Å². The van der Waals surface area contributed by atoms with E-state index in [1.165, 1.54) is 11.1 Å². The molecule has 3 saturated carbocycles. The summed E-state index contributed by atoms with van der Waals surface area (Å²) in [5.74, 6) is 0.239. The van der Waals surface area contributed by atoms with E-state index >= 15 is 0 Å². The van der Waals surface area contributed by atoms with Crippen molar-refractivity contribution in [3.8, 4) is 0 Å². The van der Waals surface area contributed by atoms with Gasteiger partial charge in [-0.2, -0.15) is 0 Å². The van der Waals surface area contributed by atoms with Crippen molar-refractivity contribution in [3.05, 3.63) is 36.0 Å². The largest absolute Gasteiger partial charge is 0.480 e. The fourth-order valence-electron chi connectivity index (χ4n) is 8.08. The van der Waals surface area contributed by atoms with Gasteiger partial charge in [-0.15, -0.1) is 11.6 Å². The SMILES string of the molecule is C=C1C[C@@]2(C)[C@@H](CC[C@@]2(O)C(=C)C[C@@H](Cl)C(=O)O)[C@@H]2CC=C3CC4(CC[C@@H]3[C@@H]12)OCCO4. The highest BCUT2D eigenvalue weighted by atomic mass is 35.5. The Bertz CT molecular complexity index is 873. The van der Waals surface area contributed by atoms with Gasteiger partial charge in [0.15, 0.2) is 5.79 Å². The molecule has 0 radical (unpaired) electrons. The molecule has 5 nitrogen and oxygen atoms in total. The van der Waals surface area contributed by atoms with E-state index in [1.807, 2.05) is 0 Å². The summed E-state index contributed by atoms with van der Waals surface area (Å²) in [4.78, 5) is 11.3. The summed E-state index contributed by atoms with van der Waals surface area (Å²) >= 11 is 6.02. The summed E-state index contributed by atoms with van der Waals surface area (Å²) in [6, 6.07) is 0. The number of ether oxygens (including phenoxy) is 2. The molecule has 4 fully saturated rings. The number of aliphatic carboxylic acids is 1. The van der Waals surface area contributed by atoms with Crippen LogP contribution in [-0.4, -0.2) is 46.2 Å². The van der Waals surface area contributed by atoms with Crippen LogP contribution in [-0.2, 0) is 14.3 Å². The number of allylic oxidation sites excluding steroid dienone is 2. The Morgan fingerprint density at radius 2 is 2.00 bits per heavy atom. The minimum absolute atomic E-state index is 0.0883. The molecule has 0 aromatic heterocycles. The second kappa shape index (κ2) is 7.69. The molecule has 0 bridgehead atoms. The van der Waals surface area contributed by atoms with Crippen LogP contribution >= 0.6 is 11.6 Å². The van der Waals surface area contributed by atoms with Gasteiger partial charge in [-0.1, -0.05) is 37.3 Å². The van der Waals surface area contributed by atoms with E-state index < -0.39 is 28.1 Å². The maximum absolute atomic E-state index is 11.9. The summed E-state index contributed by atoms with van der Waals surface area (Å²) in [7, 11) is 0. The van der Waals surface area contributed by atoms with Crippen LogP contribution in [0.15, 0.2) is 36.0 Å². The van der Waals surface area contributed by atoms with Crippen LogP contribution in [0.1, 0.15) is 58.3 Å². The molecule has 4 aliphatic carbocycles. The molecule has 1 heterocycles. The van der Waals surface area contributed by atoms with Crippen molar-refractivity contribution >= 4 is 17.6 Å². The third-order valence-electron chi connectivity index (χ3n) is 9.59. The number of carboxylic acids is 1. The average Bonchev–Trinajstić information content (AvgIpc) is 3.30. The lowest BCUT2D eigenvalue weighted by molar-refractivity contribution is -0.175. The maximum atomic E-state index is 11.9. The van der Waals surface area contributed by atoms with Crippen LogP contribution in [0.25, 0.3) is 0 Å². The van der Waals surface area contributed by atoms with Crippen molar-refractivity contribution in [3.63, 3.8) is 0 Å². The smallest absolute Gasteiger partial charge is 0.321 e.